The van der Waals surface area contributed by atoms with Crippen LogP contribution < -0.4 is 0 Å². The third-order valence-electron chi connectivity index (χ3n) is 1.27. The maximum absolute atomic E-state index is 11.4. The molecule has 0 amide bonds. The Labute approximate surface area is 71.7 Å². The molecular formula is C8H17NOS. The quantitative estimate of drug-likeness (QED) is 0.592. The standard InChI is InChI=1S/C8H17NOS/c1-6-7(2)9-11(10)8(3,4)5/h6H2,1-5H3/t11-/m0/s1. The highest BCUT2D eigenvalue weighted by molar-refractivity contribution is 7.85. The minimum atomic E-state index is -1.08. The van der Waals surface area contributed by atoms with Crippen molar-refractivity contribution >= 4 is 16.7 Å². The third-order valence-corrected chi connectivity index (χ3v) is 2.80. The second-order valence-electron chi connectivity index (χ2n) is 3.54. The van der Waals surface area contributed by atoms with E-state index in [1.54, 1.807) is 0 Å². The van der Waals surface area contributed by atoms with E-state index in [1.165, 1.54) is 0 Å². The summed E-state index contributed by atoms with van der Waals surface area (Å²) in [6, 6.07) is 0. The van der Waals surface area contributed by atoms with E-state index in [1.807, 2.05) is 34.6 Å². The van der Waals surface area contributed by atoms with Gasteiger partial charge in [-0.3, -0.25) is 0 Å². The smallest absolute Gasteiger partial charge is 0.144 e. The Morgan fingerprint density at radius 1 is 1.45 bits per heavy atom. The Bertz CT molecular complexity index is 179. The zero-order valence-electron chi connectivity index (χ0n) is 7.97. The molecule has 0 aromatic rings. The van der Waals surface area contributed by atoms with Gasteiger partial charge < -0.3 is 0 Å². The van der Waals surface area contributed by atoms with Crippen molar-refractivity contribution in [1.82, 2.24) is 0 Å². The lowest BCUT2D eigenvalue weighted by Crippen LogP contribution is -2.20. The van der Waals surface area contributed by atoms with Crippen LogP contribution in [0.1, 0.15) is 41.0 Å². The minimum absolute atomic E-state index is 0.226. The predicted molar refractivity (Wildman–Crippen MR) is 51.3 cm³/mol. The molecule has 11 heavy (non-hydrogen) atoms. The summed E-state index contributed by atoms with van der Waals surface area (Å²) in [5.41, 5.74) is 0.957. The van der Waals surface area contributed by atoms with E-state index in [2.05, 4.69) is 4.40 Å². The molecule has 1 atom stereocenters. The summed E-state index contributed by atoms with van der Waals surface area (Å²) in [7, 11) is -1.08. The van der Waals surface area contributed by atoms with Crippen LogP contribution in [0.15, 0.2) is 4.40 Å². The van der Waals surface area contributed by atoms with E-state index in [-0.39, 0.29) is 4.75 Å². The van der Waals surface area contributed by atoms with Crippen LogP contribution in [0, 0.1) is 0 Å². The maximum atomic E-state index is 11.4. The Morgan fingerprint density at radius 3 is 2.18 bits per heavy atom. The van der Waals surface area contributed by atoms with E-state index in [0.29, 0.717) is 0 Å². The van der Waals surface area contributed by atoms with Crippen molar-refractivity contribution in [2.45, 2.75) is 45.8 Å². The zero-order valence-corrected chi connectivity index (χ0v) is 8.79. The van der Waals surface area contributed by atoms with Crippen molar-refractivity contribution in [1.29, 1.82) is 0 Å². The summed E-state index contributed by atoms with van der Waals surface area (Å²) in [6.45, 7) is 9.70. The van der Waals surface area contributed by atoms with Crippen LogP contribution in [0.4, 0.5) is 0 Å². The van der Waals surface area contributed by atoms with Crippen LogP contribution in [0.3, 0.4) is 0 Å². The molecule has 0 fully saturated rings. The lowest BCUT2D eigenvalue weighted by molar-refractivity contribution is 0.650. The largest absolute Gasteiger partial charge is 0.234 e. The first kappa shape index (κ1) is 10.8. The van der Waals surface area contributed by atoms with Crippen LogP contribution in [-0.4, -0.2) is 14.7 Å². The first-order valence-corrected chi connectivity index (χ1v) is 4.94. The summed E-state index contributed by atoms with van der Waals surface area (Å²) in [5.74, 6) is 0. The molecule has 0 radical (unpaired) electrons. The van der Waals surface area contributed by atoms with Crippen molar-refractivity contribution < 1.29 is 4.21 Å². The number of rotatable bonds is 2. The lowest BCUT2D eigenvalue weighted by Gasteiger charge is -2.13. The van der Waals surface area contributed by atoms with Crippen LogP contribution >= 0.6 is 0 Å². The molecule has 0 aliphatic rings. The van der Waals surface area contributed by atoms with E-state index in [9.17, 15) is 4.21 Å². The average molecular weight is 175 g/mol. The summed E-state index contributed by atoms with van der Waals surface area (Å²) >= 11 is 0. The van der Waals surface area contributed by atoms with Crippen molar-refractivity contribution in [2.75, 3.05) is 0 Å². The molecule has 2 nitrogen and oxygen atoms in total. The lowest BCUT2D eigenvalue weighted by atomic mass is 10.3. The molecule has 0 saturated carbocycles. The van der Waals surface area contributed by atoms with Crippen molar-refractivity contribution in [2.24, 2.45) is 4.40 Å². The Kier molecular flexibility index (Phi) is 3.93. The van der Waals surface area contributed by atoms with Crippen molar-refractivity contribution in [3.05, 3.63) is 0 Å². The fraction of sp³-hybridized carbons (Fsp3) is 0.875. The van der Waals surface area contributed by atoms with Crippen molar-refractivity contribution in [3.63, 3.8) is 0 Å². The number of hydrogen-bond donors (Lipinski definition) is 0. The fourth-order valence-electron chi connectivity index (χ4n) is 0.343. The molecule has 3 heteroatoms. The molecular weight excluding hydrogens is 158 g/mol. The molecule has 0 aliphatic carbocycles. The second kappa shape index (κ2) is 4.00. The monoisotopic (exact) mass is 175 g/mol. The van der Waals surface area contributed by atoms with Gasteiger partial charge in [0, 0.05) is 5.71 Å². The van der Waals surface area contributed by atoms with Crippen molar-refractivity contribution in [3.8, 4) is 0 Å². The van der Waals surface area contributed by atoms with Crippen LogP contribution in [0.5, 0.6) is 0 Å². The first-order chi connectivity index (χ1) is 4.88. The van der Waals surface area contributed by atoms with E-state index < -0.39 is 11.0 Å². The summed E-state index contributed by atoms with van der Waals surface area (Å²) in [6.07, 6.45) is 0.877. The second-order valence-corrected chi connectivity index (χ2v) is 5.45. The number of hydrogen-bond acceptors (Lipinski definition) is 1. The van der Waals surface area contributed by atoms with Gasteiger partial charge in [-0.1, -0.05) is 6.92 Å². The minimum Gasteiger partial charge on any atom is -0.234 e. The molecule has 0 unspecified atom stereocenters. The van der Waals surface area contributed by atoms with E-state index in [4.69, 9.17) is 0 Å². The zero-order chi connectivity index (χ0) is 9.07. The molecule has 0 saturated heterocycles. The first-order valence-electron chi connectivity index (χ1n) is 3.84. The van der Waals surface area contributed by atoms with Gasteiger partial charge in [-0.2, -0.15) is 4.40 Å². The van der Waals surface area contributed by atoms with Gasteiger partial charge in [0.05, 0.1) is 4.75 Å². The Morgan fingerprint density at radius 2 is 1.91 bits per heavy atom. The van der Waals surface area contributed by atoms with Gasteiger partial charge in [-0.15, -0.1) is 0 Å². The highest BCUT2D eigenvalue weighted by Gasteiger charge is 2.18. The SMILES string of the molecule is CCC(C)=N[S@@](=O)C(C)(C)C. The molecule has 0 N–H and O–H groups in total. The highest BCUT2D eigenvalue weighted by Crippen LogP contribution is 2.12. The summed E-state index contributed by atoms with van der Waals surface area (Å²) in [4.78, 5) is 0. The van der Waals surface area contributed by atoms with Crippen LogP contribution in [0.2, 0.25) is 0 Å². The van der Waals surface area contributed by atoms with Crippen LogP contribution in [-0.2, 0) is 11.0 Å². The molecule has 66 valence electrons. The van der Waals surface area contributed by atoms with Gasteiger partial charge in [-0.25, -0.2) is 4.21 Å². The maximum Gasteiger partial charge on any atom is 0.144 e. The fourth-order valence-corrected chi connectivity index (χ4v) is 1.03. The van der Waals surface area contributed by atoms with Gasteiger partial charge in [-0.05, 0) is 34.1 Å². The van der Waals surface area contributed by atoms with Crippen LogP contribution in [0.25, 0.3) is 0 Å². The predicted octanol–water partition coefficient (Wildman–Crippen LogP) is 2.32. The van der Waals surface area contributed by atoms with Gasteiger partial charge >= 0.3 is 0 Å². The molecule has 0 aromatic carbocycles. The van der Waals surface area contributed by atoms with Gasteiger partial charge in [0.15, 0.2) is 0 Å². The molecule has 0 bridgehead atoms. The molecule has 0 aromatic heterocycles. The average Bonchev–Trinajstić information content (AvgIpc) is 1.85. The summed E-state index contributed by atoms with van der Waals surface area (Å²) < 4.78 is 15.2. The summed E-state index contributed by atoms with van der Waals surface area (Å²) in [5, 5.41) is 0. The Balaban J connectivity index is 4.30. The molecule has 0 spiro atoms. The van der Waals surface area contributed by atoms with E-state index >= 15 is 0 Å². The Hall–Kier alpha value is -0.180. The topological polar surface area (TPSA) is 29.4 Å². The molecule has 0 rings (SSSR count). The van der Waals surface area contributed by atoms with Gasteiger partial charge in [0.1, 0.15) is 11.0 Å². The molecule has 0 heterocycles. The van der Waals surface area contributed by atoms with Gasteiger partial charge in [0.2, 0.25) is 0 Å². The third kappa shape index (κ3) is 4.30. The van der Waals surface area contributed by atoms with Gasteiger partial charge in [0.25, 0.3) is 0 Å². The molecule has 0 aliphatic heterocycles. The number of nitrogens with zero attached hydrogens (tertiary/aromatic N) is 1. The van der Waals surface area contributed by atoms with E-state index in [0.717, 1.165) is 12.1 Å². The normalized spacial score (nSPS) is 16.6. The highest BCUT2D eigenvalue weighted by atomic mass is 32.2.